The van der Waals surface area contributed by atoms with Crippen LogP contribution in [0.25, 0.3) is 0 Å². The fourth-order valence-electron chi connectivity index (χ4n) is 2.93. The fourth-order valence-corrected chi connectivity index (χ4v) is 4.62. The maximum absolute atomic E-state index is 12.6. The average molecular weight is 389 g/mol. The molecule has 1 saturated heterocycles. The van der Waals surface area contributed by atoms with Crippen molar-refractivity contribution in [3.63, 3.8) is 0 Å². The number of methoxy groups -OCH3 is 1. The molecule has 0 saturated carbocycles. The van der Waals surface area contributed by atoms with Crippen molar-refractivity contribution in [2.75, 3.05) is 26.8 Å². The Kier molecular flexibility index (Phi) is 7.25. The number of benzene rings is 1. The van der Waals surface area contributed by atoms with Gasteiger partial charge in [0.25, 0.3) is 0 Å². The van der Waals surface area contributed by atoms with Gasteiger partial charge in [0.1, 0.15) is 0 Å². The summed E-state index contributed by atoms with van der Waals surface area (Å²) >= 11 is 5.83. The Hall–Kier alpha value is -1.15. The third-order valence-electron chi connectivity index (χ3n) is 4.29. The zero-order chi connectivity index (χ0) is 18.4. The summed E-state index contributed by atoms with van der Waals surface area (Å²) in [6.45, 7) is 3.08. The first-order valence-corrected chi connectivity index (χ1v) is 10.3. The van der Waals surface area contributed by atoms with Crippen molar-refractivity contribution in [3.05, 3.63) is 34.9 Å². The van der Waals surface area contributed by atoms with E-state index >= 15 is 0 Å². The van der Waals surface area contributed by atoms with E-state index in [1.807, 2.05) is 6.92 Å². The van der Waals surface area contributed by atoms with E-state index in [2.05, 4.69) is 5.32 Å². The van der Waals surface area contributed by atoms with Crippen molar-refractivity contribution < 1.29 is 17.9 Å². The number of nitrogens with one attached hydrogen (secondary N) is 1. The van der Waals surface area contributed by atoms with Gasteiger partial charge in [-0.3, -0.25) is 4.79 Å². The second-order valence-electron chi connectivity index (χ2n) is 6.42. The molecule has 25 heavy (non-hydrogen) atoms. The van der Waals surface area contributed by atoms with Gasteiger partial charge in [0, 0.05) is 37.2 Å². The van der Waals surface area contributed by atoms with Gasteiger partial charge < -0.3 is 10.1 Å². The number of amides is 1. The molecule has 0 aliphatic carbocycles. The van der Waals surface area contributed by atoms with Crippen molar-refractivity contribution >= 4 is 27.5 Å². The molecule has 8 heteroatoms. The Morgan fingerprint density at radius 1 is 1.32 bits per heavy atom. The predicted molar refractivity (Wildman–Crippen MR) is 97.9 cm³/mol. The van der Waals surface area contributed by atoms with Gasteiger partial charge in [0.15, 0.2) is 0 Å². The first-order chi connectivity index (χ1) is 11.8. The van der Waals surface area contributed by atoms with E-state index < -0.39 is 10.0 Å². The highest BCUT2D eigenvalue weighted by molar-refractivity contribution is 7.88. The topological polar surface area (TPSA) is 75.7 Å². The lowest BCUT2D eigenvalue weighted by molar-refractivity contribution is -0.127. The van der Waals surface area contributed by atoms with Crippen molar-refractivity contribution in [1.82, 2.24) is 9.62 Å². The quantitative estimate of drug-likeness (QED) is 0.775. The fraction of sp³-hybridized carbons (Fsp3) is 0.588. The van der Waals surface area contributed by atoms with E-state index in [9.17, 15) is 13.2 Å². The molecule has 1 atom stereocenters. The summed E-state index contributed by atoms with van der Waals surface area (Å²) in [5.41, 5.74) is 0.706. The minimum Gasteiger partial charge on any atom is -0.383 e. The Labute approximate surface area is 154 Å². The van der Waals surface area contributed by atoms with E-state index in [-0.39, 0.29) is 23.6 Å². The molecule has 1 N–H and O–H groups in total. The number of halogens is 1. The third-order valence-corrected chi connectivity index (χ3v) is 6.39. The van der Waals surface area contributed by atoms with E-state index in [1.54, 1.807) is 31.4 Å². The SMILES string of the molecule is COC[C@H](C)NC(=O)C1CCN(S(=O)(=O)Cc2ccc(Cl)cc2)CC1. The third kappa shape index (κ3) is 5.95. The molecule has 1 fully saturated rings. The zero-order valence-electron chi connectivity index (χ0n) is 14.6. The molecule has 1 heterocycles. The monoisotopic (exact) mass is 388 g/mol. The average Bonchev–Trinajstić information content (AvgIpc) is 2.57. The zero-order valence-corrected chi connectivity index (χ0v) is 16.1. The van der Waals surface area contributed by atoms with Crippen LogP contribution in [0.3, 0.4) is 0 Å². The van der Waals surface area contributed by atoms with Crippen LogP contribution in [0.1, 0.15) is 25.3 Å². The maximum Gasteiger partial charge on any atom is 0.223 e. The van der Waals surface area contributed by atoms with Crippen molar-refractivity contribution in [2.24, 2.45) is 5.92 Å². The molecule has 1 amide bonds. The molecule has 140 valence electrons. The summed E-state index contributed by atoms with van der Waals surface area (Å²) in [4.78, 5) is 12.2. The molecule has 1 aliphatic rings. The summed E-state index contributed by atoms with van der Waals surface area (Å²) in [6.07, 6.45) is 1.07. The van der Waals surface area contributed by atoms with Gasteiger partial charge in [-0.1, -0.05) is 23.7 Å². The Morgan fingerprint density at radius 2 is 1.92 bits per heavy atom. The molecule has 6 nitrogen and oxygen atoms in total. The summed E-state index contributed by atoms with van der Waals surface area (Å²) in [6, 6.07) is 6.76. The second-order valence-corrected chi connectivity index (χ2v) is 8.83. The van der Waals surface area contributed by atoms with Crippen LogP contribution in [0.5, 0.6) is 0 Å². The highest BCUT2D eigenvalue weighted by atomic mass is 35.5. The second kappa shape index (κ2) is 8.98. The standard InChI is InChI=1S/C17H25ClN2O4S/c1-13(11-24-2)19-17(21)15-7-9-20(10-8-15)25(22,23)12-14-3-5-16(18)6-4-14/h3-6,13,15H,7-12H2,1-2H3,(H,19,21)/t13-/m0/s1. The molecule has 2 rings (SSSR count). The van der Waals surface area contributed by atoms with E-state index in [1.165, 1.54) is 4.31 Å². The highest BCUT2D eigenvalue weighted by Gasteiger charge is 2.31. The molecule has 0 aromatic heterocycles. The normalized spacial score (nSPS) is 18.0. The van der Waals surface area contributed by atoms with Gasteiger partial charge in [0.05, 0.1) is 12.4 Å². The Morgan fingerprint density at radius 3 is 2.48 bits per heavy atom. The molecule has 1 aromatic rings. The summed E-state index contributed by atoms with van der Waals surface area (Å²) in [5.74, 6) is -0.230. The van der Waals surface area contributed by atoms with Crippen molar-refractivity contribution in [1.29, 1.82) is 0 Å². The molecule has 0 radical (unpaired) electrons. The van der Waals surface area contributed by atoms with Gasteiger partial charge >= 0.3 is 0 Å². The van der Waals surface area contributed by atoms with Crippen LogP contribution < -0.4 is 5.32 Å². The number of hydrogen-bond acceptors (Lipinski definition) is 4. The smallest absolute Gasteiger partial charge is 0.223 e. The van der Waals surface area contributed by atoms with Gasteiger partial charge in [0.2, 0.25) is 15.9 Å². The lowest BCUT2D eigenvalue weighted by Gasteiger charge is -2.31. The van der Waals surface area contributed by atoms with Crippen molar-refractivity contribution in [2.45, 2.75) is 31.6 Å². The molecule has 1 aliphatic heterocycles. The minimum absolute atomic E-state index is 0.0284. The number of carbonyl (C=O) groups excluding carboxylic acids is 1. The largest absolute Gasteiger partial charge is 0.383 e. The van der Waals surface area contributed by atoms with E-state index in [4.69, 9.17) is 16.3 Å². The van der Waals surface area contributed by atoms with Gasteiger partial charge in [-0.05, 0) is 37.5 Å². The molecular weight excluding hydrogens is 364 g/mol. The molecule has 1 aromatic carbocycles. The van der Waals surface area contributed by atoms with Crippen LogP contribution in [-0.4, -0.2) is 51.5 Å². The number of carbonyl (C=O) groups is 1. The number of ether oxygens (including phenoxy) is 1. The number of piperidine rings is 1. The molecule has 0 unspecified atom stereocenters. The number of nitrogens with zero attached hydrogens (tertiary/aromatic N) is 1. The highest BCUT2D eigenvalue weighted by Crippen LogP contribution is 2.22. The lowest BCUT2D eigenvalue weighted by Crippen LogP contribution is -2.45. The number of hydrogen-bond donors (Lipinski definition) is 1. The first kappa shape index (κ1) is 20.2. The van der Waals surface area contributed by atoms with Crippen molar-refractivity contribution in [3.8, 4) is 0 Å². The van der Waals surface area contributed by atoms with E-state index in [0.29, 0.717) is 43.1 Å². The maximum atomic E-state index is 12.6. The van der Waals surface area contributed by atoms with Crippen LogP contribution in [0.15, 0.2) is 24.3 Å². The number of sulfonamides is 1. The minimum atomic E-state index is -3.39. The van der Waals surface area contributed by atoms with Gasteiger partial charge in [-0.15, -0.1) is 0 Å². The van der Waals surface area contributed by atoms with Gasteiger partial charge in [-0.25, -0.2) is 12.7 Å². The molecule has 0 bridgehead atoms. The lowest BCUT2D eigenvalue weighted by atomic mass is 9.97. The molecule has 0 spiro atoms. The predicted octanol–water partition coefficient (Wildman–Crippen LogP) is 2.03. The summed E-state index contributed by atoms with van der Waals surface area (Å²) in [7, 11) is -1.80. The van der Waals surface area contributed by atoms with Gasteiger partial charge in [-0.2, -0.15) is 0 Å². The Bertz CT molecular complexity index is 670. The van der Waals surface area contributed by atoms with E-state index in [0.717, 1.165) is 0 Å². The summed E-state index contributed by atoms with van der Waals surface area (Å²) < 4.78 is 31.6. The molecular formula is C17H25ClN2O4S. The van der Waals surface area contributed by atoms with Crippen LogP contribution in [0.4, 0.5) is 0 Å². The van der Waals surface area contributed by atoms with Crippen LogP contribution in [0.2, 0.25) is 5.02 Å². The number of rotatable bonds is 7. The van der Waals surface area contributed by atoms with Crippen LogP contribution in [-0.2, 0) is 25.3 Å². The van der Waals surface area contributed by atoms with Crippen LogP contribution >= 0.6 is 11.6 Å². The Balaban J connectivity index is 1.88. The van der Waals surface area contributed by atoms with Crippen LogP contribution in [0, 0.1) is 5.92 Å². The summed E-state index contributed by atoms with van der Waals surface area (Å²) in [5, 5.41) is 3.48. The first-order valence-electron chi connectivity index (χ1n) is 8.33.